The highest BCUT2D eigenvalue weighted by Crippen LogP contribution is 2.39. The van der Waals surface area contributed by atoms with Gasteiger partial charge in [0.15, 0.2) is 0 Å². The molecule has 3 aromatic carbocycles. The number of hydrogen-bond donors (Lipinski definition) is 2. The van der Waals surface area contributed by atoms with Crippen LogP contribution in [-0.2, 0) is 11.2 Å². The molecule has 1 aromatic heterocycles. The van der Waals surface area contributed by atoms with Crippen molar-refractivity contribution in [1.82, 2.24) is 9.88 Å². The second kappa shape index (κ2) is 9.02. The number of carbonyl (C=O) groups is 2. The second-order valence-corrected chi connectivity index (χ2v) is 8.16. The van der Waals surface area contributed by atoms with Crippen LogP contribution in [0.15, 0.2) is 72.8 Å². The highest BCUT2D eigenvalue weighted by atomic mass is 19.1. The highest BCUT2D eigenvalue weighted by molar-refractivity contribution is 5.94. The fraction of sp³-hybridized carbons (Fsp3) is 0.185. The summed E-state index contributed by atoms with van der Waals surface area (Å²) in [6.07, 6.45) is 0.639. The average molecular weight is 458 g/mol. The van der Waals surface area contributed by atoms with E-state index in [-0.39, 0.29) is 18.5 Å². The van der Waals surface area contributed by atoms with E-state index in [1.54, 1.807) is 54.3 Å². The molecule has 4 aromatic rings. The van der Waals surface area contributed by atoms with Crippen LogP contribution < -0.4 is 5.32 Å². The van der Waals surface area contributed by atoms with Gasteiger partial charge in [0, 0.05) is 34.4 Å². The number of nitrogens with one attached hydrogen (secondary N) is 2. The number of para-hydroxylation sites is 1. The predicted molar refractivity (Wildman–Crippen MR) is 128 cm³/mol. The molecule has 2 heterocycles. The third-order valence-corrected chi connectivity index (χ3v) is 6.12. The molecule has 0 radical (unpaired) electrons. The summed E-state index contributed by atoms with van der Waals surface area (Å²) in [5, 5.41) is 3.96. The molecule has 0 spiro atoms. The van der Waals surface area contributed by atoms with Gasteiger partial charge in [-0.25, -0.2) is 14.0 Å². The Labute approximate surface area is 196 Å². The molecular weight excluding hydrogens is 433 g/mol. The van der Waals surface area contributed by atoms with Crippen molar-refractivity contribution in [3.05, 3.63) is 101 Å². The van der Waals surface area contributed by atoms with Gasteiger partial charge in [0.2, 0.25) is 0 Å². The largest absolute Gasteiger partial charge is 0.462 e. The lowest BCUT2D eigenvalue weighted by atomic mass is 9.92. The minimum absolute atomic E-state index is 0.264. The van der Waals surface area contributed by atoms with Crippen LogP contribution in [-0.4, -0.2) is 35.0 Å². The lowest BCUT2D eigenvalue weighted by Crippen LogP contribution is -2.43. The maximum Gasteiger partial charge on any atom is 0.338 e. The van der Waals surface area contributed by atoms with Crippen molar-refractivity contribution in [2.45, 2.75) is 19.4 Å². The van der Waals surface area contributed by atoms with Crippen LogP contribution in [0.2, 0.25) is 0 Å². The van der Waals surface area contributed by atoms with E-state index in [2.05, 4.69) is 10.3 Å². The standard InChI is InChI=1S/C27H24FN3O3/c1-2-34-26(32)17-8-7-9-18(16-17)29-27(33)31-15-14-20-19-10-4-6-13-23(19)30-24(20)25(31)21-11-3-5-12-22(21)28/h3-13,16,25,30H,2,14-15H2,1H3,(H,29,33)/t25-/m1/s1. The Balaban J connectivity index is 1.52. The molecular formula is C27H24FN3O3. The molecule has 7 heteroatoms. The summed E-state index contributed by atoms with van der Waals surface area (Å²) in [6.45, 7) is 2.42. The summed E-state index contributed by atoms with van der Waals surface area (Å²) in [7, 11) is 0. The number of fused-ring (bicyclic) bond motifs is 3. The van der Waals surface area contributed by atoms with Crippen molar-refractivity contribution in [2.75, 3.05) is 18.5 Å². The first-order valence-corrected chi connectivity index (χ1v) is 11.3. The number of anilines is 1. The van der Waals surface area contributed by atoms with E-state index in [9.17, 15) is 14.0 Å². The third-order valence-electron chi connectivity index (χ3n) is 6.12. The molecule has 5 rings (SSSR count). The number of H-pyrrole nitrogens is 1. The molecule has 6 nitrogen and oxygen atoms in total. The zero-order valence-electron chi connectivity index (χ0n) is 18.7. The number of carbonyl (C=O) groups excluding carboxylic acids is 2. The molecule has 172 valence electrons. The second-order valence-electron chi connectivity index (χ2n) is 8.16. The van der Waals surface area contributed by atoms with Gasteiger partial charge in [-0.05, 0) is 49.2 Å². The summed E-state index contributed by atoms with van der Waals surface area (Å²) in [5.74, 6) is -0.829. The Morgan fingerprint density at radius 2 is 1.88 bits per heavy atom. The number of benzene rings is 3. The highest BCUT2D eigenvalue weighted by Gasteiger charge is 2.36. The number of halogens is 1. The van der Waals surface area contributed by atoms with Crippen LogP contribution in [0.1, 0.15) is 40.1 Å². The van der Waals surface area contributed by atoms with Crippen molar-refractivity contribution in [3.8, 4) is 0 Å². The molecule has 0 fully saturated rings. The van der Waals surface area contributed by atoms with Crippen molar-refractivity contribution < 1.29 is 18.7 Å². The molecule has 0 saturated carbocycles. The van der Waals surface area contributed by atoms with Crippen molar-refractivity contribution in [1.29, 1.82) is 0 Å². The van der Waals surface area contributed by atoms with Gasteiger partial charge in [-0.15, -0.1) is 0 Å². The number of amides is 2. The zero-order chi connectivity index (χ0) is 23.7. The molecule has 2 amide bonds. The molecule has 0 aliphatic carbocycles. The predicted octanol–water partition coefficient (Wildman–Crippen LogP) is 5.66. The van der Waals surface area contributed by atoms with Crippen LogP contribution in [0, 0.1) is 5.82 Å². The fourth-order valence-corrected chi connectivity index (χ4v) is 4.61. The molecule has 0 saturated heterocycles. The topological polar surface area (TPSA) is 74.4 Å². The van der Waals surface area contributed by atoms with E-state index >= 15 is 0 Å². The molecule has 0 bridgehead atoms. The lowest BCUT2D eigenvalue weighted by molar-refractivity contribution is 0.0526. The molecule has 1 aliphatic rings. The van der Waals surface area contributed by atoms with Gasteiger partial charge in [0.1, 0.15) is 11.9 Å². The van der Waals surface area contributed by atoms with Gasteiger partial charge in [-0.1, -0.05) is 42.5 Å². The smallest absolute Gasteiger partial charge is 0.338 e. The maximum atomic E-state index is 15.0. The van der Waals surface area contributed by atoms with E-state index in [4.69, 9.17) is 4.74 Å². The van der Waals surface area contributed by atoms with E-state index in [1.807, 2.05) is 24.3 Å². The Hall–Kier alpha value is -4.13. The molecule has 1 aliphatic heterocycles. The molecule has 0 unspecified atom stereocenters. The first-order valence-electron chi connectivity index (χ1n) is 11.3. The van der Waals surface area contributed by atoms with Crippen LogP contribution >= 0.6 is 0 Å². The maximum absolute atomic E-state index is 15.0. The van der Waals surface area contributed by atoms with E-state index < -0.39 is 12.0 Å². The van der Waals surface area contributed by atoms with Gasteiger partial charge >= 0.3 is 12.0 Å². The van der Waals surface area contributed by atoms with E-state index in [0.717, 1.165) is 22.2 Å². The number of nitrogens with zero attached hydrogens (tertiary/aromatic N) is 1. The number of aromatic nitrogens is 1. The normalized spacial score (nSPS) is 15.1. The Bertz CT molecular complexity index is 1380. The van der Waals surface area contributed by atoms with Gasteiger partial charge in [-0.2, -0.15) is 0 Å². The van der Waals surface area contributed by atoms with Crippen molar-refractivity contribution in [2.24, 2.45) is 0 Å². The first-order chi connectivity index (χ1) is 16.6. The van der Waals surface area contributed by atoms with Crippen molar-refractivity contribution in [3.63, 3.8) is 0 Å². The number of aromatic amines is 1. The molecule has 2 N–H and O–H groups in total. The van der Waals surface area contributed by atoms with Crippen LogP contribution in [0.3, 0.4) is 0 Å². The molecule has 1 atom stereocenters. The monoisotopic (exact) mass is 457 g/mol. The number of esters is 1. The Kier molecular flexibility index (Phi) is 5.76. The fourth-order valence-electron chi connectivity index (χ4n) is 4.61. The van der Waals surface area contributed by atoms with Crippen LogP contribution in [0.25, 0.3) is 10.9 Å². The average Bonchev–Trinajstić information content (AvgIpc) is 3.23. The first kappa shape index (κ1) is 21.7. The summed E-state index contributed by atoms with van der Waals surface area (Å²) in [6, 6.07) is 20.1. The Morgan fingerprint density at radius 3 is 2.71 bits per heavy atom. The van der Waals surface area contributed by atoms with E-state index in [0.29, 0.717) is 29.8 Å². The summed E-state index contributed by atoms with van der Waals surface area (Å²) < 4.78 is 20.0. The third kappa shape index (κ3) is 3.90. The summed E-state index contributed by atoms with van der Waals surface area (Å²) in [5.41, 5.74) is 4.10. The SMILES string of the molecule is CCOC(=O)c1cccc(NC(=O)N2CCc3c([nH]c4ccccc34)[C@H]2c2ccccc2F)c1. The van der Waals surface area contributed by atoms with Crippen LogP contribution in [0.4, 0.5) is 14.9 Å². The summed E-state index contributed by atoms with van der Waals surface area (Å²) in [4.78, 5) is 30.6. The van der Waals surface area contributed by atoms with Crippen molar-refractivity contribution >= 4 is 28.6 Å². The minimum atomic E-state index is -0.620. The van der Waals surface area contributed by atoms with Gasteiger partial charge in [0.25, 0.3) is 0 Å². The zero-order valence-corrected chi connectivity index (χ0v) is 18.7. The van der Waals surface area contributed by atoms with Gasteiger partial charge in [-0.3, -0.25) is 0 Å². The number of ether oxygens (including phenoxy) is 1. The number of urea groups is 1. The minimum Gasteiger partial charge on any atom is -0.462 e. The number of hydrogen-bond acceptors (Lipinski definition) is 3. The van der Waals surface area contributed by atoms with E-state index in [1.165, 1.54) is 6.07 Å². The van der Waals surface area contributed by atoms with Gasteiger partial charge < -0.3 is 19.9 Å². The molecule has 34 heavy (non-hydrogen) atoms. The number of rotatable bonds is 4. The summed E-state index contributed by atoms with van der Waals surface area (Å²) >= 11 is 0. The quantitative estimate of drug-likeness (QED) is 0.388. The van der Waals surface area contributed by atoms with Crippen LogP contribution in [0.5, 0.6) is 0 Å². The van der Waals surface area contributed by atoms with Gasteiger partial charge in [0.05, 0.1) is 12.2 Å². The lowest BCUT2D eigenvalue weighted by Gasteiger charge is -2.36. The Morgan fingerprint density at radius 1 is 1.09 bits per heavy atom.